The fourth-order valence-electron chi connectivity index (χ4n) is 2.36. The highest BCUT2D eigenvalue weighted by Gasteiger charge is 2.35. The number of nitrogens with one attached hydrogen (secondary N) is 1. The SMILES string of the molecule is Cc1cnc([C@H]2[C@H](N)CCN2C(C)C)[nH]1. The maximum atomic E-state index is 6.15. The van der Waals surface area contributed by atoms with Crippen molar-refractivity contribution in [2.75, 3.05) is 6.54 Å². The van der Waals surface area contributed by atoms with Crippen LogP contribution < -0.4 is 5.73 Å². The number of likely N-dealkylation sites (tertiary alicyclic amines) is 1. The van der Waals surface area contributed by atoms with Gasteiger partial charge in [-0.25, -0.2) is 4.98 Å². The number of nitrogens with two attached hydrogens (primary N) is 1. The highest BCUT2D eigenvalue weighted by Crippen LogP contribution is 2.30. The van der Waals surface area contributed by atoms with Crippen molar-refractivity contribution in [3.8, 4) is 0 Å². The summed E-state index contributed by atoms with van der Waals surface area (Å²) in [5.74, 6) is 1.02. The summed E-state index contributed by atoms with van der Waals surface area (Å²) in [6.07, 6.45) is 2.93. The van der Waals surface area contributed by atoms with Crippen LogP contribution in [0, 0.1) is 6.92 Å². The second-order valence-corrected chi connectivity index (χ2v) is 4.68. The Balaban J connectivity index is 2.24. The molecular weight excluding hydrogens is 188 g/mol. The van der Waals surface area contributed by atoms with Crippen LogP contribution in [0.15, 0.2) is 6.20 Å². The highest BCUT2D eigenvalue weighted by atomic mass is 15.2. The van der Waals surface area contributed by atoms with Gasteiger partial charge in [0.25, 0.3) is 0 Å². The molecule has 3 N–H and O–H groups in total. The Kier molecular flexibility index (Phi) is 2.80. The maximum Gasteiger partial charge on any atom is 0.125 e. The van der Waals surface area contributed by atoms with Gasteiger partial charge in [0.1, 0.15) is 5.82 Å². The molecular formula is C11H20N4. The summed E-state index contributed by atoms with van der Waals surface area (Å²) < 4.78 is 0. The van der Waals surface area contributed by atoms with Crippen LogP contribution in [0.2, 0.25) is 0 Å². The van der Waals surface area contributed by atoms with E-state index in [2.05, 4.69) is 28.7 Å². The van der Waals surface area contributed by atoms with Gasteiger partial charge in [0.05, 0.1) is 6.04 Å². The Morgan fingerprint density at radius 2 is 2.33 bits per heavy atom. The normalized spacial score (nSPS) is 27.8. The van der Waals surface area contributed by atoms with E-state index in [1.54, 1.807) is 0 Å². The monoisotopic (exact) mass is 208 g/mol. The third-order valence-electron chi connectivity index (χ3n) is 3.15. The number of aryl methyl sites for hydroxylation is 1. The second kappa shape index (κ2) is 3.94. The van der Waals surface area contributed by atoms with Crippen molar-refractivity contribution in [3.05, 3.63) is 17.7 Å². The molecule has 0 unspecified atom stereocenters. The largest absolute Gasteiger partial charge is 0.345 e. The predicted octanol–water partition coefficient (Wildman–Crippen LogP) is 1.20. The first kappa shape index (κ1) is 10.6. The van der Waals surface area contributed by atoms with Gasteiger partial charge in [0.2, 0.25) is 0 Å². The van der Waals surface area contributed by atoms with Crippen molar-refractivity contribution in [2.45, 2.75) is 45.3 Å². The van der Waals surface area contributed by atoms with Crippen molar-refractivity contribution in [1.29, 1.82) is 0 Å². The van der Waals surface area contributed by atoms with Gasteiger partial charge in [-0.3, -0.25) is 4.90 Å². The Labute approximate surface area is 90.9 Å². The topological polar surface area (TPSA) is 57.9 Å². The number of rotatable bonds is 2. The summed E-state index contributed by atoms with van der Waals surface area (Å²) in [6.45, 7) is 7.52. The van der Waals surface area contributed by atoms with Crippen molar-refractivity contribution >= 4 is 0 Å². The standard InChI is InChI=1S/C11H20N4/c1-7(2)15-5-4-9(12)10(15)11-13-6-8(3)14-11/h6-7,9-10H,4-5,12H2,1-3H3,(H,13,14)/t9-,10-/m1/s1. The van der Waals surface area contributed by atoms with E-state index in [0.717, 1.165) is 24.5 Å². The Bertz CT molecular complexity index is 331. The molecule has 2 heterocycles. The van der Waals surface area contributed by atoms with E-state index >= 15 is 0 Å². The van der Waals surface area contributed by atoms with Gasteiger partial charge in [0.15, 0.2) is 0 Å². The number of nitrogens with zero attached hydrogens (tertiary/aromatic N) is 2. The molecule has 1 aromatic heterocycles. The molecule has 4 heteroatoms. The molecule has 84 valence electrons. The first-order valence-corrected chi connectivity index (χ1v) is 5.62. The lowest BCUT2D eigenvalue weighted by atomic mass is 10.1. The van der Waals surface area contributed by atoms with Crippen molar-refractivity contribution in [2.24, 2.45) is 5.73 Å². The molecule has 2 rings (SSSR count). The third kappa shape index (κ3) is 1.92. The summed E-state index contributed by atoms with van der Waals surface area (Å²) >= 11 is 0. The third-order valence-corrected chi connectivity index (χ3v) is 3.15. The molecule has 1 aliphatic heterocycles. The summed E-state index contributed by atoms with van der Waals surface area (Å²) in [7, 11) is 0. The second-order valence-electron chi connectivity index (χ2n) is 4.68. The molecule has 4 nitrogen and oxygen atoms in total. The molecule has 1 aliphatic rings. The molecule has 1 aromatic rings. The van der Waals surface area contributed by atoms with Gasteiger partial charge in [-0.1, -0.05) is 0 Å². The Morgan fingerprint density at radius 3 is 2.87 bits per heavy atom. The summed E-state index contributed by atoms with van der Waals surface area (Å²) in [5.41, 5.74) is 7.25. The minimum atomic E-state index is 0.206. The van der Waals surface area contributed by atoms with Crippen LogP contribution in [0.3, 0.4) is 0 Å². The molecule has 1 fully saturated rings. The van der Waals surface area contributed by atoms with Crippen molar-refractivity contribution in [3.63, 3.8) is 0 Å². The van der Waals surface area contributed by atoms with Crippen molar-refractivity contribution < 1.29 is 0 Å². The van der Waals surface area contributed by atoms with Gasteiger partial charge in [0, 0.05) is 30.5 Å². The number of hydrogen-bond donors (Lipinski definition) is 2. The quantitative estimate of drug-likeness (QED) is 0.768. The first-order valence-electron chi connectivity index (χ1n) is 5.62. The number of aromatic nitrogens is 2. The smallest absolute Gasteiger partial charge is 0.125 e. The highest BCUT2D eigenvalue weighted by molar-refractivity contribution is 5.09. The number of imidazole rings is 1. The lowest BCUT2D eigenvalue weighted by Crippen LogP contribution is -2.36. The molecule has 0 spiro atoms. The van der Waals surface area contributed by atoms with Gasteiger partial charge in [-0.15, -0.1) is 0 Å². The molecule has 0 amide bonds. The lowest BCUT2D eigenvalue weighted by Gasteiger charge is -2.28. The minimum Gasteiger partial charge on any atom is -0.345 e. The van der Waals surface area contributed by atoms with E-state index in [-0.39, 0.29) is 12.1 Å². The first-order chi connectivity index (χ1) is 7.09. The van der Waals surface area contributed by atoms with Crippen LogP contribution in [0.1, 0.15) is 37.8 Å². The summed E-state index contributed by atoms with van der Waals surface area (Å²) in [6, 6.07) is 0.991. The van der Waals surface area contributed by atoms with E-state index in [0.29, 0.717) is 6.04 Å². The maximum absolute atomic E-state index is 6.15. The lowest BCUT2D eigenvalue weighted by molar-refractivity contribution is 0.191. The molecule has 0 aliphatic carbocycles. The van der Waals surface area contributed by atoms with E-state index in [1.165, 1.54) is 0 Å². The Hall–Kier alpha value is -0.870. The molecule has 1 saturated heterocycles. The van der Waals surface area contributed by atoms with Crippen LogP contribution in [0.4, 0.5) is 0 Å². The fourth-order valence-corrected chi connectivity index (χ4v) is 2.36. The fraction of sp³-hybridized carbons (Fsp3) is 0.727. The van der Waals surface area contributed by atoms with Crippen molar-refractivity contribution in [1.82, 2.24) is 14.9 Å². The zero-order valence-electron chi connectivity index (χ0n) is 9.70. The van der Waals surface area contributed by atoms with Gasteiger partial charge in [-0.05, 0) is 27.2 Å². The molecule has 0 saturated carbocycles. The number of hydrogen-bond acceptors (Lipinski definition) is 3. The van der Waals surface area contributed by atoms with E-state index < -0.39 is 0 Å². The van der Waals surface area contributed by atoms with Gasteiger partial charge >= 0.3 is 0 Å². The molecule has 0 aromatic carbocycles. The van der Waals surface area contributed by atoms with Crippen LogP contribution in [0.5, 0.6) is 0 Å². The Morgan fingerprint density at radius 1 is 1.60 bits per heavy atom. The molecule has 0 radical (unpaired) electrons. The van der Waals surface area contributed by atoms with E-state index in [1.807, 2.05) is 13.1 Å². The summed E-state index contributed by atoms with van der Waals surface area (Å²) in [5, 5.41) is 0. The average molecular weight is 208 g/mol. The minimum absolute atomic E-state index is 0.206. The summed E-state index contributed by atoms with van der Waals surface area (Å²) in [4.78, 5) is 10.1. The zero-order valence-corrected chi connectivity index (χ0v) is 9.70. The van der Waals surface area contributed by atoms with E-state index in [9.17, 15) is 0 Å². The molecule has 2 atom stereocenters. The zero-order chi connectivity index (χ0) is 11.0. The van der Waals surface area contributed by atoms with Crippen LogP contribution in [-0.4, -0.2) is 33.5 Å². The van der Waals surface area contributed by atoms with Crippen LogP contribution in [0.25, 0.3) is 0 Å². The molecule has 0 bridgehead atoms. The number of aromatic amines is 1. The van der Waals surface area contributed by atoms with E-state index in [4.69, 9.17) is 5.73 Å². The predicted molar refractivity (Wildman–Crippen MR) is 60.5 cm³/mol. The van der Waals surface area contributed by atoms with Crippen LogP contribution >= 0.6 is 0 Å². The average Bonchev–Trinajstić information content (AvgIpc) is 2.71. The number of H-pyrrole nitrogens is 1. The van der Waals surface area contributed by atoms with Gasteiger partial charge < -0.3 is 10.7 Å². The molecule has 15 heavy (non-hydrogen) atoms. The van der Waals surface area contributed by atoms with Gasteiger partial charge in [-0.2, -0.15) is 0 Å². The van der Waals surface area contributed by atoms with Crippen LogP contribution in [-0.2, 0) is 0 Å².